The van der Waals surface area contributed by atoms with E-state index in [9.17, 15) is 14.4 Å². The Morgan fingerprint density at radius 1 is 0.966 bits per heavy atom. The van der Waals surface area contributed by atoms with E-state index >= 15 is 0 Å². The van der Waals surface area contributed by atoms with Gasteiger partial charge in [-0.3, -0.25) is 14.4 Å². The topological polar surface area (TPSA) is 64.2 Å². The Labute approximate surface area is 177 Å². The van der Waals surface area contributed by atoms with Crippen LogP contribution >= 0.6 is 11.6 Å². The third-order valence-corrected chi connectivity index (χ3v) is 5.90. The van der Waals surface area contributed by atoms with E-state index in [4.69, 9.17) is 11.6 Å². The zero-order chi connectivity index (χ0) is 20.8. The lowest BCUT2D eigenvalue weighted by Crippen LogP contribution is -2.49. The molecule has 0 aromatic heterocycles. The number of rotatable bonds is 6. The van der Waals surface area contributed by atoms with Crippen LogP contribution in [0.5, 0.6) is 0 Å². The number of carbonyl (C=O) groups excluding carboxylic acids is 3. The first-order valence-electron chi connectivity index (χ1n) is 10.2. The molecule has 1 aromatic carbocycles. The number of hydrogen-bond acceptors (Lipinski definition) is 4. The standard InChI is InChI=1S/C21H29ClN4O3/c1-17(13-20(28)25-7-5-23(16-27)6-8-25)14-21(29)26-11-9-24(10-12-26)19-4-2-3-18(22)15-19/h2-4,15-17H,5-14H2,1H3/t17-/m0/s1. The van der Waals surface area contributed by atoms with Crippen molar-refractivity contribution in [3.63, 3.8) is 0 Å². The van der Waals surface area contributed by atoms with Gasteiger partial charge in [0.05, 0.1) is 0 Å². The second-order valence-electron chi connectivity index (χ2n) is 7.88. The van der Waals surface area contributed by atoms with E-state index in [1.54, 1.807) is 9.80 Å². The molecule has 1 aromatic rings. The molecule has 0 unspecified atom stereocenters. The molecule has 2 aliphatic rings. The third kappa shape index (κ3) is 5.85. The van der Waals surface area contributed by atoms with Crippen molar-refractivity contribution >= 4 is 35.5 Å². The molecule has 0 saturated carbocycles. The van der Waals surface area contributed by atoms with Gasteiger partial charge in [-0.15, -0.1) is 0 Å². The lowest BCUT2D eigenvalue weighted by atomic mass is 10.0. The smallest absolute Gasteiger partial charge is 0.222 e. The van der Waals surface area contributed by atoms with Gasteiger partial charge in [0.2, 0.25) is 18.2 Å². The highest BCUT2D eigenvalue weighted by atomic mass is 35.5. The van der Waals surface area contributed by atoms with Crippen molar-refractivity contribution in [2.24, 2.45) is 5.92 Å². The van der Waals surface area contributed by atoms with Crippen LogP contribution in [0.2, 0.25) is 5.02 Å². The molecule has 3 amide bonds. The summed E-state index contributed by atoms with van der Waals surface area (Å²) in [5.41, 5.74) is 1.08. The molecule has 2 heterocycles. The highest BCUT2D eigenvalue weighted by Gasteiger charge is 2.25. The summed E-state index contributed by atoms with van der Waals surface area (Å²) in [7, 11) is 0. The zero-order valence-electron chi connectivity index (χ0n) is 16.9. The van der Waals surface area contributed by atoms with Gasteiger partial charge in [-0.05, 0) is 24.1 Å². The lowest BCUT2D eigenvalue weighted by Gasteiger charge is -2.36. The maximum Gasteiger partial charge on any atom is 0.222 e. The number of carbonyl (C=O) groups is 3. The Bertz CT molecular complexity index is 728. The number of anilines is 1. The van der Waals surface area contributed by atoms with Crippen LogP contribution in [-0.4, -0.2) is 85.3 Å². The van der Waals surface area contributed by atoms with Crippen molar-refractivity contribution in [1.82, 2.24) is 14.7 Å². The van der Waals surface area contributed by atoms with Gasteiger partial charge in [-0.1, -0.05) is 24.6 Å². The molecule has 0 aliphatic carbocycles. The summed E-state index contributed by atoms with van der Waals surface area (Å²) in [6, 6.07) is 7.77. The molecule has 29 heavy (non-hydrogen) atoms. The van der Waals surface area contributed by atoms with Crippen molar-refractivity contribution in [3.05, 3.63) is 29.3 Å². The van der Waals surface area contributed by atoms with Crippen LogP contribution in [0.1, 0.15) is 19.8 Å². The highest BCUT2D eigenvalue weighted by molar-refractivity contribution is 6.30. The van der Waals surface area contributed by atoms with Gasteiger partial charge in [0.15, 0.2) is 0 Å². The molecule has 7 nitrogen and oxygen atoms in total. The Hall–Kier alpha value is -2.28. The number of nitrogens with zero attached hydrogens (tertiary/aromatic N) is 4. The molecule has 2 saturated heterocycles. The Morgan fingerprint density at radius 3 is 2.03 bits per heavy atom. The van der Waals surface area contributed by atoms with Crippen molar-refractivity contribution in [2.75, 3.05) is 57.3 Å². The highest BCUT2D eigenvalue weighted by Crippen LogP contribution is 2.21. The van der Waals surface area contributed by atoms with Crippen molar-refractivity contribution in [1.29, 1.82) is 0 Å². The van der Waals surface area contributed by atoms with Crippen LogP contribution in [0.25, 0.3) is 0 Å². The summed E-state index contributed by atoms with van der Waals surface area (Å²) in [5, 5.41) is 0.715. The average Bonchev–Trinajstić information content (AvgIpc) is 2.73. The third-order valence-electron chi connectivity index (χ3n) is 5.67. The van der Waals surface area contributed by atoms with E-state index in [0.29, 0.717) is 57.1 Å². The largest absolute Gasteiger partial charge is 0.368 e. The fourth-order valence-electron chi connectivity index (χ4n) is 3.89. The van der Waals surface area contributed by atoms with Gasteiger partial charge in [0.1, 0.15) is 0 Å². The molecule has 2 fully saturated rings. The van der Waals surface area contributed by atoms with E-state index in [-0.39, 0.29) is 17.7 Å². The fourth-order valence-corrected chi connectivity index (χ4v) is 4.07. The van der Waals surface area contributed by atoms with Crippen LogP contribution < -0.4 is 4.90 Å². The number of hydrogen-bond donors (Lipinski definition) is 0. The van der Waals surface area contributed by atoms with Gasteiger partial charge in [0, 0.05) is 75.9 Å². The van der Waals surface area contributed by atoms with Gasteiger partial charge < -0.3 is 19.6 Å². The molecule has 0 radical (unpaired) electrons. The van der Waals surface area contributed by atoms with E-state index in [1.807, 2.05) is 36.1 Å². The zero-order valence-corrected chi connectivity index (χ0v) is 17.7. The summed E-state index contributed by atoms with van der Waals surface area (Å²) in [6.45, 7) is 7.19. The van der Waals surface area contributed by atoms with Crippen LogP contribution in [0.15, 0.2) is 24.3 Å². The SMILES string of the molecule is C[C@@H](CC(=O)N1CCN(C=O)CC1)CC(=O)N1CCN(c2cccc(Cl)c2)CC1. The summed E-state index contributed by atoms with van der Waals surface area (Å²) >= 11 is 6.07. The van der Waals surface area contributed by atoms with Gasteiger partial charge in [-0.2, -0.15) is 0 Å². The first-order valence-corrected chi connectivity index (χ1v) is 10.6. The maximum absolute atomic E-state index is 12.7. The van der Waals surface area contributed by atoms with Crippen molar-refractivity contribution in [3.8, 4) is 0 Å². The van der Waals surface area contributed by atoms with Crippen LogP contribution in [0.3, 0.4) is 0 Å². The molecule has 0 N–H and O–H groups in total. The Morgan fingerprint density at radius 2 is 1.52 bits per heavy atom. The molecule has 0 spiro atoms. The summed E-state index contributed by atoms with van der Waals surface area (Å²) in [6.07, 6.45) is 1.59. The number of amides is 3. The summed E-state index contributed by atoms with van der Waals surface area (Å²) < 4.78 is 0. The van der Waals surface area contributed by atoms with Crippen LogP contribution in [-0.2, 0) is 14.4 Å². The first kappa shape index (κ1) is 21.4. The molecule has 3 rings (SSSR count). The Balaban J connectivity index is 1.41. The monoisotopic (exact) mass is 420 g/mol. The minimum Gasteiger partial charge on any atom is -0.368 e. The fraction of sp³-hybridized carbons (Fsp3) is 0.571. The minimum atomic E-state index is 0.00469. The summed E-state index contributed by atoms with van der Waals surface area (Å²) in [5.74, 6) is 0.188. The van der Waals surface area contributed by atoms with Gasteiger partial charge in [0.25, 0.3) is 0 Å². The number of benzene rings is 1. The van der Waals surface area contributed by atoms with E-state index in [1.165, 1.54) is 0 Å². The molecule has 158 valence electrons. The van der Waals surface area contributed by atoms with E-state index < -0.39 is 0 Å². The number of piperazine rings is 2. The van der Waals surface area contributed by atoms with Crippen molar-refractivity contribution < 1.29 is 14.4 Å². The molecule has 8 heteroatoms. The second-order valence-corrected chi connectivity index (χ2v) is 8.32. The summed E-state index contributed by atoms with van der Waals surface area (Å²) in [4.78, 5) is 43.5. The predicted octanol–water partition coefficient (Wildman–Crippen LogP) is 1.71. The average molecular weight is 421 g/mol. The molecular weight excluding hydrogens is 392 g/mol. The second kappa shape index (κ2) is 9.96. The number of halogens is 1. The maximum atomic E-state index is 12.7. The van der Waals surface area contributed by atoms with E-state index in [0.717, 1.165) is 25.2 Å². The predicted molar refractivity (Wildman–Crippen MR) is 113 cm³/mol. The first-order chi connectivity index (χ1) is 14.0. The molecule has 1 atom stereocenters. The lowest BCUT2D eigenvalue weighted by molar-refractivity contribution is -0.137. The Kier molecular flexibility index (Phi) is 7.36. The van der Waals surface area contributed by atoms with Crippen LogP contribution in [0.4, 0.5) is 5.69 Å². The van der Waals surface area contributed by atoms with E-state index in [2.05, 4.69) is 4.90 Å². The normalized spacial score (nSPS) is 18.6. The van der Waals surface area contributed by atoms with Gasteiger partial charge >= 0.3 is 0 Å². The van der Waals surface area contributed by atoms with Crippen molar-refractivity contribution in [2.45, 2.75) is 19.8 Å². The molecule has 0 bridgehead atoms. The molecule has 2 aliphatic heterocycles. The minimum absolute atomic E-state index is 0.00469. The quantitative estimate of drug-likeness (QED) is 0.657. The molecular formula is C21H29ClN4O3. The van der Waals surface area contributed by atoms with Crippen LogP contribution in [0, 0.1) is 5.92 Å². The van der Waals surface area contributed by atoms with Gasteiger partial charge in [-0.25, -0.2) is 0 Å².